The lowest BCUT2D eigenvalue weighted by Crippen LogP contribution is -2.26. The lowest BCUT2D eigenvalue weighted by molar-refractivity contribution is 0.0236. The van der Waals surface area contributed by atoms with Crippen molar-refractivity contribution < 1.29 is 18.6 Å². The molecule has 7 heteroatoms. The predicted molar refractivity (Wildman–Crippen MR) is 89.1 cm³/mol. The van der Waals surface area contributed by atoms with Crippen LogP contribution in [0, 0.1) is 0 Å². The first-order valence-corrected chi connectivity index (χ1v) is 8.04. The summed E-state index contributed by atoms with van der Waals surface area (Å²) in [6.07, 6.45) is 3.16. The number of aromatic nitrogens is 2. The van der Waals surface area contributed by atoms with Crippen molar-refractivity contribution in [2.75, 3.05) is 13.2 Å². The van der Waals surface area contributed by atoms with Crippen molar-refractivity contribution in [3.8, 4) is 17.5 Å². The zero-order chi connectivity index (χ0) is 17.1. The Kier molecular flexibility index (Phi) is 4.30. The summed E-state index contributed by atoms with van der Waals surface area (Å²) >= 11 is 0. The van der Waals surface area contributed by atoms with E-state index >= 15 is 0 Å². The van der Waals surface area contributed by atoms with Crippen LogP contribution in [0.15, 0.2) is 51.9 Å². The fourth-order valence-corrected chi connectivity index (χ4v) is 2.63. The molecule has 0 radical (unpaired) electrons. The highest BCUT2D eigenvalue weighted by Gasteiger charge is 2.16. The standard InChI is InChI=1S/C18H16N2O5/c21-18-4-2-12-1-3-14(9-15(12)25-18)24-17-10-16(19-11-20-17)23-13-5-7-22-8-6-13/h1-4,9-11,13H,5-8H2. The normalized spacial score (nSPS) is 15.2. The van der Waals surface area contributed by atoms with Gasteiger partial charge in [-0.1, -0.05) is 0 Å². The van der Waals surface area contributed by atoms with Crippen molar-refractivity contribution in [3.63, 3.8) is 0 Å². The molecule has 1 aliphatic heterocycles. The quantitative estimate of drug-likeness (QED) is 0.675. The summed E-state index contributed by atoms with van der Waals surface area (Å²) in [5, 5.41) is 0.818. The molecular weight excluding hydrogens is 324 g/mol. The van der Waals surface area contributed by atoms with E-state index in [1.165, 1.54) is 12.4 Å². The molecule has 4 rings (SSSR count). The Labute approximate surface area is 143 Å². The van der Waals surface area contributed by atoms with Crippen molar-refractivity contribution in [1.82, 2.24) is 9.97 Å². The van der Waals surface area contributed by atoms with Gasteiger partial charge >= 0.3 is 5.63 Å². The van der Waals surface area contributed by atoms with E-state index in [4.69, 9.17) is 18.6 Å². The van der Waals surface area contributed by atoms with Gasteiger partial charge in [0.2, 0.25) is 11.8 Å². The Bertz CT molecular complexity index is 934. The van der Waals surface area contributed by atoms with Gasteiger partial charge in [0.1, 0.15) is 23.8 Å². The molecule has 0 amide bonds. The predicted octanol–water partition coefficient (Wildman–Crippen LogP) is 2.93. The largest absolute Gasteiger partial charge is 0.474 e. The summed E-state index contributed by atoms with van der Waals surface area (Å²) < 4.78 is 22.1. The molecule has 0 unspecified atom stereocenters. The molecule has 128 valence electrons. The number of hydrogen-bond donors (Lipinski definition) is 0. The molecule has 1 saturated heterocycles. The number of rotatable bonds is 4. The molecule has 1 aliphatic rings. The first-order chi connectivity index (χ1) is 12.3. The molecule has 0 N–H and O–H groups in total. The van der Waals surface area contributed by atoms with E-state index in [1.54, 1.807) is 24.3 Å². The van der Waals surface area contributed by atoms with Crippen LogP contribution in [0.4, 0.5) is 0 Å². The third-order valence-corrected chi connectivity index (χ3v) is 3.89. The van der Waals surface area contributed by atoms with Crippen molar-refractivity contribution in [2.24, 2.45) is 0 Å². The van der Waals surface area contributed by atoms with Gasteiger partial charge in [0.05, 0.1) is 19.3 Å². The Balaban J connectivity index is 1.52. The van der Waals surface area contributed by atoms with Gasteiger partial charge in [0, 0.05) is 30.4 Å². The summed E-state index contributed by atoms with van der Waals surface area (Å²) in [6.45, 7) is 1.39. The van der Waals surface area contributed by atoms with Gasteiger partial charge in [-0.2, -0.15) is 0 Å². The third-order valence-electron chi connectivity index (χ3n) is 3.89. The fraction of sp³-hybridized carbons (Fsp3) is 0.278. The minimum Gasteiger partial charge on any atom is -0.474 e. The molecule has 0 saturated carbocycles. The van der Waals surface area contributed by atoms with E-state index in [1.807, 2.05) is 6.07 Å². The van der Waals surface area contributed by atoms with Crippen LogP contribution in [0.5, 0.6) is 17.5 Å². The van der Waals surface area contributed by atoms with Crippen LogP contribution in [-0.2, 0) is 4.74 Å². The molecule has 0 spiro atoms. The molecule has 7 nitrogen and oxygen atoms in total. The molecule has 1 fully saturated rings. The van der Waals surface area contributed by atoms with Crippen LogP contribution in [-0.4, -0.2) is 29.3 Å². The zero-order valence-corrected chi connectivity index (χ0v) is 13.4. The number of benzene rings is 1. The van der Waals surface area contributed by atoms with Gasteiger partial charge in [-0.15, -0.1) is 0 Å². The van der Waals surface area contributed by atoms with E-state index in [-0.39, 0.29) is 6.10 Å². The van der Waals surface area contributed by atoms with Gasteiger partial charge in [-0.05, 0) is 18.2 Å². The summed E-state index contributed by atoms with van der Waals surface area (Å²) in [4.78, 5) is 19.6. The van der Waals surface area contributed by atoms with Crippen LogP contribution in [0.25, 0.3) is 11.0 Å². The smallest absolute Gasteiger partial charge is 0.336 e. The van der Waals surface area contributed by atoms with E-state index in [2.05, 4.69) is 9.97 Å². The average Bonchev–Trinajstić information content (AvgIpc) is 2.62. The van der Waals surface area contributed by atoms with Gasteiger partial charge in [0.25, 0.3) is 0 Å². The minimum atomic E-state index is -0.404. The maximum absolute atomic E-state index is 11.3. The van der Waals surface area contributed by atoms with E-state index in [0.717, 1.165) is 18.2 Å². The minimum absolute atomic E-state index is 0.0893. The topological polar surface area (TPSA) is 83.7 Å². The highest BCUT2D eigenvalue weighted by atomic mass is 16.5. The first-order valence-electron chi connectivity index (χ1n) is 8.04. The average molecular weight is 340 g/mol. The van der Waals surface area contributed by atoms with Gasteiger partial charge in [-0.3, -0.25) is 0 Å². The van der Waals surface area contributed by atoms with Gasteiger partial charge in [-0.25, -0.2) is 14.8 Å². The molecule has 0 atom stereocenters. The molecule has 1 aromatic carbocycles. The molecule has 25 heavy (non-hydrogen) atoms. The van der Waals surface area contributed by atoms with Crippen LogP contribution in [0.1, 0.15) is 12.8 Å². The summed E-state index contributed by atoms with van der Waals surface area (Å²) in [6, 6.07) is 9.97. The lowest BCUT2D eigenvalue weighted by Gasteiger charge is -2.22. The lowest BCUT2D eigenvalue weighted by atomic mass is 10.2. The van der Waals surface area contributed by atoms with Gasteiger partial charge in [0.15, 0.2) is 0 Å². The monoisotopic (exact) mass is 340 g/mol. The molecular formula is C18H16N2O5. The van der Waals surface area contributed by atoms with Crippen molar-refractivity contribution in [3.05, 3.63) is 53.1 Å². The van der Waals surface area contributed by atoms with Crippen LogP contribution >= 0.6 is 0 Å². The summed E-state index contributed by atoms with van der Waals surface area (Å²) in [5.41, 5.74) is 0.0524. The van der Waals surface area contributed by atoms with E-state index in [0.29, 0.717) is 36.3 Å². The number of hydrogen-bond acceptors (Lipinski definition) is 7. The number of ether oxygens (including phenoxy) is 3. The second-order valence-corrected chi connectivity index (χ2v) is 5.68. The molecule has 2 aromatic heterocycles. The highest BCUT2D eigenvalue weighted by Crippen LogP contribution is 2.26. The maximum atomic E-state index is 11.3. The second kappa shape index (κ2) is 6.90. The second-order valence-electron chi connectivity index (χ2n) is 5.68. The molecule has 3 aromatic rings. The number of fused-ring (bicyclic) bond motifs is 1. The van der Waals surface area contributed by atoms with Crippen LogP contribution in [0.3, 0.4) is 0 Å². The maximum Gasteiger partial charge on any atom is 0.336 e. The number of nitrogens with zero attached hydrogens (tertiary/aromatic N) is 2. The van der Waals surface area contributed by atoms with Crippen LogP contribution in [0.2, 0.25) is 0 Å². The zero-order valence-electron chi connectivity index (χ0n) is 13.4. The molecule has 0 bridgehead atoms. The van der Waals surface area contributed by atoms with Crippen molar-refractivity contribution in [2.45, 2.75) is 18.9 Å². The van der Waals surface area contributed by atoms with E-state index < -0.39 is 5.63 Å². The van der Waals surface area contributed by atoms with Crippen molar-refractivity contribution in [1.29, 1.82) is 0 Å². The highest BCUT2D eigenvalue weighted by molar-refractivity contribution is 5.77. The molecule has 3 heterocycles. The Morgan fingerprint density at radius 3 is 2.68 bits per heavy atom. The van der Waals surface area contributed by atoms with Crippen molar-refractivity contribution >= 4 is 11.0 Å². The summed E-state index contributed by atoms with van der Waals surface area (Å²) in [7, 11) is 0. The molecule has 0 aliphatic carbocycles. The third kappa shape index (κ3) is 3.77. The Morgan fingerprint density at radius 2 is 1.80 bits per heavy atom. The first kappa shape index (κ1) is 15.6. The van der Waals surface area contributed by atoms with Crippen LogP contribution < -0.4 is 15.1 Å². The Hall–Kier alpha value is -2.93. The SMILES string of the molecule is O=c1ccc2ccc(Oc3cc(OC4CCOCC4)ncn3)cc2o1. The van der Waals surface area contributed by atoms with E-state index in [9.17, 15) is 4.79 Å². The van der Waals surface area contributed by atoms with Gasteiger partial charge < -0.3 is 18.6 Å². The summed E-state index contributed by atoms with van der Waals surface area (Å²) in [5.74, 6) is 1.33. The fourth-order valence-electron chi connectivity index (χ4n) is 2.63. The Morgan fingerprint density at radius 1 is 1.00 bits per heavy atom.